The second-order valence-electron chi connectivity index (χ2n) is 5.06. The molecule has 1 aromatic heterocycles. The maximum atomic E-state index is 11.6. The van der Waals surface area contributed by atoms with Crippen LogP contribution < -0.4 is 5.14 Å². The Morgan fingerprint density at radius 2 is 2.12 bits per heavy atom. The fourth-order valence-electron chi connectivity index (χ4n) is 2.51. The van der Waals surface area contributed by atoms with E-state index < -0.39 is 10.0 Å². The van der Waals surface area contributed by atoms with Gasteiger partial charge in [0.25, 0.3) is 10.0 Å². The first-order valence-corrected chi connectivity index (χ1v) is 7.50. The number of imidazole rings is 1. The van der Waals surface area contributed by atoms with Crippen molar-refractivity contribution in [1.29, 1.82) is 0 Å². The van der Waals surface area contributed by atoms with Crippen LogP contribution in [0.1, 0.15) is 57.0 Å². The monoisotopic (exact) mass is 257 g/mol. The Bertz CT molecular complexity index is 531. The maximum absolute atomic E-state index is 11.6. The third-order valence-electron chi connectivity index (χ3n) is 3.27. The highest BCUT2D eigenvalue weighted by Gasteiger charge is 2.30. The lowest BCUT2D eigenvalue weighted by atomic mass is 9.98. The maximum Gasteiger partial charge on any atom is 0.257 e. The molecule has 0 saturated carbocycles. The van der Waals surface area contributed by atoms with Gasteiger partial charge in [-0.1, -0.05) is 20.8 Å². The van der Waals surface area contributed by atoms with Gasteiger partial charge in [-0.25, -0.2) is 18.5 Å². The SMILES string of the molecule is CC(C)c1nc(S(N)(=O)=O)c2n1CCCC2C. The molecule has 17 heavy (non-hydrogen) atoms. The number of fused-ring (bicyclic) bond motifs is 1. The van der Waals surface area contributed by atoms with E-state index in [9.17, 15) is 8.42 Å². The molecule has 2 heterocycles. The average Bonchev–Trinajstić information content (AvgIpc) is 2.57. The quantitative estimate of drug-likeness (QED) is 0.873. The third-order valence-corrected chi connectivity index (χ3v) is 4.11. The van der Waals surface area contributed by atoms with Gasteiger partial charge in [-0.3, -0.25) is 0 Å². The number of rotatable bonds is 2. The summed E-state index contributed by atoms with van der Waals surface area (Å²) in [5.74, 6) is 1.24. The van der Waals surface area contributed by atoms with E-state index >= 15 is 0 Å². The van der Waals surface area contributed by atoms with Gasteiger partial charge in [0, 0.05) is 12.5 Å². The van der Waals surface area contributed by atoms with E-state index in [-0.39, 0.29) is 16.9 Å². The van der Waals surface area contributed by atoms with Crippen LogP contribution in [0.2, 0.25) is 0 Å². The zero-order valence-corrected chi connectivity index (χ0v) is 11.3. The van der Waals surface area contributed by atoms with Crippen LogP contribution in [0, 0.1) is 0 Å². The van der Waals surface area contributed by atoms with Crippen molar-refractivity contribution in [1.82, 2.24) is 9.55 Å². The first-order chi connectivity index (χ1) is 7.82. The summed E-state index contributed by atoms with van der Waals surface area (Å²) in [6.07, 6.45) is 2.06. The molecule has 1 atom stereocenters. The normalized spacial score (nSPS) is 20.6. The van der Waals surface area contributed by atoms with Crippen LogP contribution in [0.3, 0.4) is 0 Å². The van der Waals surface area contributed by atoms with Crippen LogP contribution >= 0.6 is 0 Å². The van der Waals surface area contributed by atoms with Crippen LogP contribution in [0.5, 0.6) is 0 Å². The summed E-state index contributed by atoms with van der Waals surface area (Å²) in [6.45, 7) is 6.91. The minimum Gasteiger partial charge on any atom is -0.330 e. The molecule has 0 radical (unpaired) electrons. The molecule has 6 heteroatoms. The molecule has 0 aromatic carbocycles. The molecule has 0 fully saturated rings. The smallest absolute Gasteiger partial charge is 0.257 e. The molecule has 5 nitrogen and oxygen atoms in total. The minimum absolute atomic E-state index is 0.0772. The van der Waals surface area contributed by atoms with Gasteiger partial charge in [0.05, 0.1) is 5.69 Å². The third kappa shape index (κ3) is 2.11. The molecule has 1 aromatic rings. The van der Waals surface area contributed by atoms with E-state index in [4.69, 9.17) is 5.14 Å². The van der Waals surface area contributed by atoms with Gasteiger partial charge in [0.15, 0.2) is 5.03 Å². The van der Waals surface area contributed by atoms with Crippen LogP contribution in [0.15, 0.2) is 5.03 Å². The van der Waals surface area contributed by atoms with Crippen molar-refractivity contribution in [2.45, 2.75) is 57.0 Å². The summed E-state index contributed by atoms with van der Waals surface area (Å²) in [7, 11) is -3.72. The Labute approximate surface area is 102 Å². The fourth-order valence-corrected chi connectivity index (χ4v) is 3.34. The van der Waals surface area contributed by atoms with Crippen molar-refractivity contribution in [2.75, 3.05) is 0 Å². The molecule has 1 aliphatic heterocycles. The van der Waals surface area contributed by atoms with Crippen LogP contribution in [-0.4, -0.2) is 18.0 Å². The Balaban J connectivity index is 2.70. The van der Waals surface area contributed by atoms with Gasteiger partial charge in [0.1, 0.15) is 5.82 Å². The van der Waals surface area contributed by atoms with Crippen LogP contribution in [0.4, 0.5) is 0 Å². The molecule has 0 amide bonds. The average molecular weight is 257 g/mol. The van der Waals surface area contributed by atoms with Crippen molar-refractivity contribution in [3.05, 3.63) is 11.5 Å². The standard InChI is InChI=1S/C11H19N3O2S/c1-7(2)10-13-11(17(12,15)16)9-8(3)5-4-6-14(9)10/h7-8H,4-6H2,1-3H3,(H2,12,15,16). The second-order valence-corrected chi connectivity index (χ2v) is 6.53. The van der Waals surface area contributed by atoms with E-state index in [1.807, 2.05) is 25.3 Å². The number of hydrogen-bond donors (Lipinski definition) is 1. The summed E-state index contributed by atoms with van der Waals surface area (Å²) in [4.78, 5) is 4.26. The number of primary sulfonamides is 1. The molecule has 96 valence electrons. The summed E-state index contributed by atoms with van der Waals surface area (Å²) >= 11 is 0. The Morgan fingerprint density at radius 1 is 1.47 bits per heavy atom. The minimum atomic E-state index is -3.72. The molecule has 1 aliphatic rings. The van der Waals surface area contributed by atoms with Crippen LogP contribution in [0.25, 0.3) is 0 Å². The fraction of sp³-hybridized carbons (Fsp3) is 0.727. The van der Waals surface area contributed by atoms with Crippen molar-refractivity contribution in [3.63, 3.8) is 0 Å². The van der Waals surface area contributed by atoms with Crippen molar-refractivity contribution in [3.8, 4) is 0 Å². The molecular weight excluding hydrogens is 238 g/mol. The Morgan fingerprint density at radius 3 is 2.65 bits per heavy atom. The molecule has 0 saturated heterocycles. The zero-order valence-electron chi connectivity index (χ0n) is 10.5. The first-order valence-electron chi connectivity index (χ1n) is 5.95. The lowest BCUT2D eigenvalue weighted by molar-refractivity contribution is 0.451. The van der Waals surface area contributed by atoms with Gasteiger partial charge >= 0.3 is 0 Å². The number of nitrogens with zero attached hydrogens (tertiary/aromatic N) is 2. The van der Waals surface area contributed by atoms with Crippen molar-refractivity contribution >= 4 is 10.0 Å². The molecule has 0 bridgehead atoms. The number of sulfonamides is 1. The molecule has 0 spiro atoms. The van der Waals surface area contributed by atoms with Gasteiger partial charge in [-0.15, -0.1) is 0 Å². The predicted octanol–water partition coefficient (Wildman–Crippen LogP) is 1.55. The van der Waals surface area contributed by atoms with Gasteiger partial charge < -0.3 is 4.57 Å². The van der Waals surface area contributed by atoms with E-state index in [2.05, 4.69) is 4.98 Å². The Kier molecular flexibility index (Phi) is 3.03. The van der Waals surface area contributed by atoms with E-state index in [1.54, 1.807) is 0 Å². The zero-order chi connectivity index (χ0) is 12.8. The lowest BCUT2D eigenvalue weighted by Crippen LogP contribution is -2.20. The van der Waals surface area contributed by atoms with E-state index in [0.717, 1.165) is 30.9 Å². The van der Waals surface area contributed by atoms with Crippen LogP contribution in [-0.2, 0) is 16.6 Å². The summed E-state index contributed by atoms with van der Waals surface area (Å²) in [5.41, 5.74) is 0.794. The highest BCUT2D eigenvalue weighted by molar-refractivity contribution is 7.89. The van der Waals surface area contributed by atoms with Gasteiger partial charge in [-0.05, 0) is 18.8 Å². The second kappa shape index (κ2) is 4.10. The molecule has 2 N–H and O–H groups in total. The highest BCUT2D eigenvalue weighted by atomic mass is 32.2. The van der Waals surface area contributed by atoms with Crippen molar-refractivity contribution < 1.29 is 8.42 Å². The topological polar surface area (TPSA) is 78.0 Å². The van der Waals surface area contributed by atoms with E-state index in [1.165, 1.54) is 0 Å². The number of nitrogens with two attached hydrogens (primary N) is 1. The summed E-state index contributed by atoms with van der Waals surface area (Å²) in [6, 6.07) is 0. The molecule has 0 aliphatic carbocycles. The summed E-state index contributed by atoms with van der Waals surface area (Å²) < 4.78 is 25.2. The van der Waals surface area contributed by atoms with Crippen molar-refractivity contribution in [2.24, 2.45) is 5.14 Å². The highest BCUT2D eigenvalue weighted by Crippen LogP contribution is 2.34. The predicted molar refractivity (Wildman–Crippen MR) is 65.3 cm³/mol. The van der Waals surface area contributed by atoms with E-state index in [0.29, 0.717) is 0 Å². The molecular formula is C11H19N3O2S. The molecule has 1 unspecified atom stereocenters. The first kappa shape index (κ1) is 12.6. The number of aromatic nitrogens is 2. The number of hydrogen-bond acceptors (Lipinski definition) is 3. The van der Waals surface area contributed by atoms with Gasteiger partial charge in [-0.2, -0.15) is 0 Å². The largest absolute Gasteiger partial charge is 0.330 e. The summed E-state index contributed by atoms with van der Waals surface area (Å²) in [5, 5.41) is 5.33. The molecule has 2 rings (SSSR count). The van der Waals surface area contributed by atoms with Gasteiger partial charge in [0.2, 0.25) is 0 Å². The Hall–Kier alpha value is -0.880. The lowest BCUT2D eigenvalue weighted by Gasteiger charge is -2.23.